The lowest BCUT2D eigenvalue weighted by Gasteiger charge is -2.13. The molecular formula is C51H34N4. The molecule has 0 atom stereocenters. The van der Waals surface area contributed by atoms with Crippen molar-refractivity contribution >= 4 is 54.5 Å². The number of para-hydroxylation sites is 2. The molecule has 0 saturated carbocycles. The van der Waals surface area contributed by atoms with Crippen LogP contribution >= 0.6 is 0 Å². The third kappa shape index (κ3) is 4.99. The van der Waals surface area contributed by atoms with E-state index >= 15 is 0 Å². The van der Waals surface area contributed by atoms with E-state index in [1.165, 1.54) is 11.5 Å². The lowest BCUT2D eigenvalue weighted by Crippen LogP contribution is -2.03. The van der Waals surface area contributed by atoms with Gasteiger partial charge >= 0.3 is 0 Å². The number of fused-ring (bicyclic) bond motifs is 8. The summed E-state index contributed by atoms with van der Waals surface area (Å²) in [6, 6.07) is 24.8. The Bertz CT molecular complexity index is 4030. The highest BCUT2D eigenvalue weighted by molar-refractivity contribution is 6.28. The first kappa shape index (κ1) is 20.2. The van der Waals surface area contributed by atoms with Crippen LogP contribution in [0.5, 0.6) is 0 Å². The predicted molar refractivity (Wildman–Crippen MR) is 229 cm³/mol. The van der Waals surface area contributed by atoms with Gasteiger partial charge in [-0.1, -0.05) is 145 Å². The van der Waals surface area contributed by atoms with Crippen molar-refractivity contribution in [2.45, 2.75) is 6.92 Å². The third-order valence-corrected chi connectivity index (χ3v) is 9.97. The molecule has 0 aliphatic heterocycles. The van der Waals surface area contributed by atoms with Crippen molar-refractivity contribution in [1.82, 2.24) is 19.1 Å². The van der Waals surface area contributed by atoms with Crippen LogP contribution in [0, 0.1) is 6.92 Å². The maximum Gasteiger partial charge on any atom is 0.235 e. The van der Waals surface area contributed by atoms with Crippen LogP contribution in [0.1, 0.15) is 24.8 Å². The summed E-state index contributed by atoms with van der Waals surface area (Å²) in [4.78, 5) is 10.2. The summed E-state index contributed by atoms with van der Waals surface area (Å²) in [7, 11) is 0. The number of hydrogen-bond donors (Lipinski definition) is 0. The fourth-order valence-corrected chi connectivity index (χ4v) is 7.44. The summed E-state index contributed by atoms with van der Waals surface area (Å²) in [6.45, 7) is 1.41. The maximum atomic E-state index is 9.90. The second-order valence-electron chi connectivity index (χ2n) is 13.2. The van der Waals surface area contributed by atoms with E-state index in [1.807, 2.05) is 103 Å². The summed E-state index contributed by atoms with van der Waals surface area (Å²) in [5.41, 5.74) is 3.81. The van der Waals surface area contributed by atoms with Crippen LogP contribution in [0.15, 0.2) is 188 Å². The van der Waals surface area contributed by atoms with Gasteiger partial charge in [0.2, 0.25) is 5.95 Å². The molecule has 0 aliphatic rings. The van der Waals surface area contributed by atoms with Crippen LogP contribution in [-0.2, 0) is 0 Å². The molecule has 0 saturated heterocycles. The molecule has 11 rings (SSSR count). The van der Waals surface area contributed by atoms with Crippen molar-refractivity contribution < 1.29 is 19.2 Å². The number of hydrogen-bond acceptors (Lipinski definition) is 2. The third-order valence-electron chi connectivity index (χ3n) is 9.97. The van der Waals surface area contributed by atoms with Gasteiger partial charge in [0.05, 0.1) is 52.5 Å². The Kier molecular flexibility index (Phi) is 4.56. The second kappa shape index (κ2) is 12.4. The molecule has 0 fully saturated rings. The minimum absolute atomic E-state index is 0.0166. The topological polar surface area (TPSA) is 35.6 Å². The number of nitrogens with zero attached hydrogens (tertiary/aromatic N) is 4. The molecule has 3 aromatic heterocycles. The van der Waals surface area contributed by atoms with Gasteiger partial charge in [0.15, 0.2) is 0 Å². The minimum atomic E-state index is -0.694. The summed E-state index contributed by atoms with van der Waals surface area (Å²) < 4.78 is 131. The van der Waals surface area contributed by atoms with E-state index in [2.05, 4.69) is 0 Å². The van der Waals surface area contributed by atoms with Gasteiger partial charge in [-0.25, -0.2) is 9.97 Å². The molecule has 4 heteroatoms. The molecule has 0 bridgehead atoms. The highest BCUT2D eigenvalue weighted by Crippen LogP contribution is 2.42. The molecule has 55 heavy (non-hydrogen) atoms. The normalized spacial score (nSPS) is 15.3. The fraction of sp³-hybridized carbons (Fsp3) is 0.0196. The molecular weight excluding hydrogens is 669 g/mol. The summed E-state index contributed by atoms with van der Waals surface area (Å²) in [5, 5.41) is 0.00694. The molecule has 3 heterocycles. The van der Waals surface area contributed by atoms with Gasteiger partial charge < -0.3 is 4.57 Å². The van der Waals surface area contributed by atoms with E-state index in [1.54, 1.807) is 0 Å². The Labute approximate surface area is 337 Å². The van der Waals surface area contributed by atoms with Crippen LogP contribution in [0.2, 0.25) is 0 Å². The zero-order valence-corrected chi connectivity index (χ0v) is 29.1. The van der Waals surface area contributed by atoms with E-state index < -0.39 is 90.3 Å². The molecule has 0 aliphatic carbocycles. The van der Waals surface area contributed by atoms with Crippen molar-refractivity contribution in [1.29, 1.82) is 0 Å². The highest BCUT2D eigenvalue weighted by Gasteiger charge is 2.22. The zero-order chi connectivity index (χ0) is 48.6. The van der Waals surface area contributed by atoms with E-state index in [0.29, 0.717) is 22.2 Å². The van der Waals surface area contributed by atoms with Gasteiger partial charge in [-0.15, -0.1) is 0 Å². The predicted octanol–water partition coefficient (Wildman–Crippen LogP) is 13.1. The van der Waals surface area contributed by atoms with E-state index in [0.717, 1.165) is 26.8 Å². The van der Waals surface area contributed by atoms with Gasteiger partial charge in [-0.05, 0) is 77.6 Å². The molecule has 258 valence electrons. The van der Waals surface area contributed by atoms with E-state index in [9.17, 15) is 8.22 Å². The molecule has 0 unspecified atom stereocenters. The summed E-state index contributed by atoms with van der Waals surface area (Å²) in [5.74, 6) is -0.129. The van der Waals surface area contributed by atoms with Crippen molar-refractivity contribution in [3.63, 3.8) is 0 Å². The lowest BCUT2D eigenvalue weighted by atomic mass is 9.99. The molecule has 11 aromatic rings. The van der Waals surface area contributed by atoms with E-state index in [4.69, 9.17) is 20.9 Å². The van der Waals surface area contributed by atoms with Gasteiger partial charge in [-0.3, -0.25) is 4.57 Å². The fourth-order valence-electron chi connectivity index (χ4n) is 7.44. The first-order valence-electron chi connectivity index (χ1n) is 24.6. The average molecular weight is 717 g/mol. The Balaban J connectivity index is 1.36. The van der Waals surface area contributed by atoms with Crippen LogP contribution in [0.4, 0.5) is 0 Å². The quantitative estimate of drug-likeness (QED) is 0.178. The van der Waals surface area contributed by atoms with Crippen molar-refractivity contribution in [2.75, 3.05) is 0 Å². The van der Waals surface area contributed by atoms with Crippen molar-refractivity contribution in [3.8, 4) is 45.1 Å². The van der Waals surface area contributed by atoms with E-state index in [-0.39, 0.29) is 55.1 Å². The maximum absolute atomic E-state index is 9.90. The number of rotatable bonds is 5. The molecule has 0 spiro atoms. The lowest BCUT2D eigenvalue weighted by molar-refractivity contribution is 1.01. The molecule has 0 amide bonds. The van der Waals surface area contributed by atoms with Crippen LogP contribution in [0.3, 0.4) is 0 Å². The first-order valence-corrected chi connectivity index (χ1v) is 17.6. The SMILES string of the molecule is [2H]c1c([2H])c(-n2c3c([2H])c([2H])c([2H])c([2H])c3c3c4c5c([2H])c([2H])c([2H])c([2H])c5n(-c5nc(-c6ccc(-c7ccccc7)cc6)c6ccc(-c7ccccc7)cc6n5)c4c([2H])c([2H])c32)c([2H])c([2H])c1C. The summed E-state index contributed by atoms with van der Waals surface area (Å²) in [6.07, 6.45) is 0. The van der Waals surface area contributed by atoms with Crippen molar-refractivity contribution in [3.05, 3.63) is 193 Å². The Morgan fingerprint density at radius 2 is 0.964 bits per heavy atom. The van der Waals surface area contributed by atoms with Crippen LogP contribution in [0.25, 0.3) is 99.7 Å². The number of aromatic nitrogens is 4. The largest absolute Gasteiger partial charge is 0.309 e. The van der Waals surface area contributed by atoms with Gasteiger partial charge in [0, 0.05) is 38.2 Å². The monoisotopic (exact) mass is 716 g/mol. The Morgan fingerprint density at radius 1 is 0.436 bits per heavy atom. The standard InChI is InChI=1S/C51H34N4/c1-33-20-27-39(28-21-33)54-44-18-10-8-16-41(44)48-46(54)30-31-47-49(48)42-17-9-11-19-45(42)55(47)51-52-43-32-38(35-14-6-3-7-15-35)26-29-40(43)50(53-51)37-24-22-36(23-25-37)34-12-4-2-5-13-34/h2-32H,1H3/i8D,9D,10D,11D,16D,17D,18D,19D,20D,21D,27D,28D,30D,31D. The number of benzene rings is 8. The minimum Gasteiger partial charge on any atom is -0.309 e. The summed E-state index contributed by atoms with van der Waals surface area (Å²) >= 11 is 0. The van der Waals surface area contributed by atoms with Crippen molar-refractivity contribution in [2.24, 2.45) is 0 Å². The van der Waals surface area contributed by atoms with Gasteiger partial charge in [0.25, 0.3) is 0 Å². The molecule has 4 nitrogen and oxygen atoms in total. The van der Waals surface area contributed by atoms with Gasteiger partial charge in [-0.2, -0.15) is 0 Å². The smallest absolute Gasteiger partial charge is 0.235 e. The molecule has 8 aromatic carbocycles. The van der Waals surface area contributed by atoms with Crippen LogP contribution < -0.4 is 0 Å². The molecule has 0 radical (unpaired) electrons. The average Bonchev–Trinajstić information content (AvgIpc) is 3.91. The van der Waals surface area contributed by atoms with Crippen LogP contribution in [-0.4, -0.2) is 19.1 Å². The Hall–Kier alpha value is -7.30. The first-order chi connectivity index (χ1) is 33.0. The van der Waals surface area contributed by atoms with Gasteiger partial charge in [0.1, 0.15) is 0 Å². The Morgan fingerprint density at radius 3 is 1.62 bits per heavy atom. The molecule has 0 N–H and O–H groups in total. The zero-order valence-electron chi connectivity index (χ0n) is 43.1. The highest BCUT2D eigenvalue weighted by atomic mass is 15.2. The second-order valence-corrected chi connectivity index (χ2v) is 13.2.